The molecule has 0 aliphatic carbocycles. The molecule has 1 heterocycles. The van der Waals surface area contributed by atoms with Gasteiger partial charge in [0.1, 0.15) is 0 Å². The summed E-state index contributed by atoms with van der Waals surface area (Å²) < 4.78 is 0. The minimum Gasteiger partial charge on any atom is -0.362 e. The maximum atomic E-state index is 11.0. The van der Waals surface area contributed by atoms with Gasteiger partial charge in [-0.2, -0.15) is 12.6 Å². The second kappa shape index (κ2) is 4.81. The first-order valence-electron chi connectivity index (χ1n) is 4.29. The molecule has 0 aromatic rings. The van der Waals surface area contributed by atoms with Crippen LogP contribution in [0.15, 0.2) is 0 Å². The molecule has 1 aliphatic rings. The topological polar surface area (TPSA) is 23.6 Å². The maximum absolute atomic E-state index is 11.0. The number of piperazine rings is 1. The van der Waals surface area contributed by atoms with Crippen LogP contribution in [0.4, 0.5) is 0 Å². The molecule has 1 saturated heterocycles. The zero-order valence-electron chi connectivity index (χ0n) is 7.69. The van der Waals surface area contributed by atoms with Crippen LogP contribution >= 0.6 is 24.8 Å². The first-order valence-corrected chi connectivity index (χ1v) is 5.33. The molecule has 3 nitrogen and oxygen atoms in total. The van der Waals surface area contributed by atoms with Crippen molar-refractivity contribution in [2.24, 2.45) is 0 Å². The molecule has 0 saturated carbocycles. The van der Waals surface area contributed by atoms with E-state index in [9.17, 15) is 4.79 Å². The highest BCUT2D eigenvalue weighted by Gasteiger charge is 2.19. The van der Waals surface area contributed by atoms with Gasteiger partial charge in [-0.25, -0.2) is 0 Å². The van der Waals surface area contributed by atoms with Crippen LogP contribution < -0.4 is 0 Å². The maximum Gasteiger partial charge on any atom is 0.219 e. The molecular weight excluding hydrogens is 204 g/mol. The minimum absolute atomic E-state index is 0.149. The molecule has 0 aromatic carbocycles. The van der Waals surface area contributed by atoms with Crippen molar-refractivity contribution >= 4 is 35.7 Å². The van der Waals surface area contributed by atoms with Gasteiger partial charge in [-0.05, 0) is 0 Å². The third-order valence-corrected chi connectivity index (χ3v) is 3.13. The van der Waals surface area contributed by atoms with Gasteiger partial charge < -0.3 is 9.80 Å². The van der Waals surface area contributed by atoms with Crippen LogP contribution in [0.3, 0.4) is 0 Å². The van der Waals surface area contributed by atoms with Crippen molar-refractivity contribution in [1.82, 2.24) is 9.80 Å². The highest BCUT2D eigenvalue weighted by Crippen LogP contribution is 2.03. The van der Waals surface area contributed by atoms with E-state index >= 15 is 0 Å². The summed E-state index contributed by atoms with van der Waals surface area (Å²) in [6, 6.07) is 0. The van der Waals surface area contributed by atoms with E-state index in [1.54, 1.807) is 6.92 Å². The van der Waals surface area contributed by atoms with E-state index in [4.69, 9.17) is 12.2 Å². The number of hydrogen-bond acceptors (Lipinski definition) is 3. The lowest BCUT2D eigenvalue weighted by Gasteiger charge is -2.35. The summed E-state index contributed by atoms with van der Waals surface area (Å²) in [5.74, 6) is 0.770. The SMILES string of the molecule is CC(=O)N1CCN(C(=S)CS)CC1. The van der Waals surface area contributed by atoms with Crippen molar-refractivity contribution in [3.8, 4) is 0 Å². The van der Waals surface area contributed by atoms with Gasteiger partial charge in [-0.15, -0.1) is 0 Å². The molecule has 74 valence electrons. The second-order valence-electron chi connectivity index (χ2n) is 3.04. The minimum atomic E-state index is 0.149. The largest absolute Gasteiger partial charge is 0.362 e. The lowest BCUT2D eigenvalue weighted by atomic mass is 10.3. The first-order chi connectivity index (χ1) is 6.15. The number of nitrogens with zero attached hydrogens (tertiary/aromatic N) is 2. The normalized spacial score (nSPS) is 17.4. The van der Waals surface area contributed by atoms with Crippen molar-refractivity contribution in [3.05, 3.63) is 0 Å². The summed E-state index contributed by atoms with van der Waals surface area (Å²) in [6.07, 6.45) is 0. The van der Waals surface area contributed by atoms with Gasteiger partial charge in [-0.1, -0.05) is 12.2 Å². The van der Waals surface area contributed by atoms with E-state index in [1.807, 2.05) is 4.90 Å². The zero-order valence-corrected chi connectivity index (χ0v) is 9.40. The average Bonchev–Trinajstić information content (AvgIpc) is 2.17. The Balaban J connectivity index is 2.39. The van der Waals surface area contributed by atoms with Crippen LogP contribution in [0, 0.1) is 0 Å². The summed E-state index contributed by atoms with van der Waals surface area (Å²) in [7, 11) is 0. The summed E-state index contributed by atoms with van der Waals surface area (Å²) in [4.78, 5) is 15.8. The van der Waals surface area contributed by atoms with Crippen molar-refractivity contribution in [2.45, 2.75) is 6.92 Å². The fourth-order valence-corrected chi connectivity index (χ4v) is 1.75. The third-order valence-electron chi connectivity index (χ3n) is 2.21. The molecule has 1 aliphatic heterocycles. The predicted octanol–water partition coefficient (Wildman–Crippen LogP) is 0.408. The van der Waals surface area contributed by atoms with Gasteiger partial charge in [-0.3, -0.25) is 4.79 Å². The number of thiol groups is 1. The third kappa shape index (κ3) is 2.84. The molecule has 0 unspecified atom stereocenters. The Morgan fingerprint density at radius 2 is 1.77 bits per heavy atom. The number of amides is 1. The van der Waals surface area contributed by atoms with Gasteiger partial charge in [0.05, 0.1) is 4.99 Å². The average molecular weight is 218 g/mol. The van der Waals surface area contributed by atoms with Crippen molar-refractivity contribution in [3.63, 3.8) is 0 Å². The monoisotopic (exact) mass is 218 g/mol. The van der Waals surface area contributed by atoms with Gasteiger partial charge in [0.2, 0.25) is 5.91 Å². The summed E-state index contributed by atoms with van der Waals surface area (Å²) >= 11 is 9.25. The molecular formula is C8H14N2OS2. The lowest BCUT2D eigenvalue weighted by Crippen LogP contribution is -2.49. The van der Waals surface area contributed by atoms with E-state index in [-0.39, 0.29) is 5.91 Å². The molecule has 0 aromatic heterocycles. The highest BCUT2D eigenvalue weighted by molar-refractivity contribution is 7.86. The van der Waals surface area contributed by atoms with Crippen molar-refractivity contribution in [2.75, 3.05) is 31.9 Å². The Kier molecular flexibility index (Phi) is 3.99. The van der Waals surface area contributed by atoms with E-state index in [0.29, 0.717) is 5.75 Å². The number of hydrogen-bond donors (Lipinski definition) is 1. The Labute approximate surface area is 89.5 Å². The van der Waals surface area contributed by atoms with Crippen LogP contribution in [0.25, 0.3) is 0 Å². The Hall–Kier alpha value is -0.290. The van der Waals surface area contributed by atoms with Crippen LogP contribution in [0.5, 0.6) is 0 Å². The number of carbonyl (C=O) groups is 1. The number of carbonyl (C=O) groups excluding carboxylic acids is 1. The molecule has 1 fully saturated rings. The Morgan fingerprint density at radius 1 is 1.31 bits per heavy atom. The Morgan fingerprint density at radius 3 is 2.15 bits per heavy atom. The summed E-state index contributed by atoms with van der Waals surface area (Å²) in [5, 5.41) is 0. The van der Waals surface area contributed by atoms with Gasteiger partial charge in [0.15, 0.2) is 0 Å². The molecule has 0 N–H and O–H groups in total. The lowest BCUT2D eigenvalue weighted by molar-refractivity contribution is -0.130. The molecule has 0 spiro atoms. The fourth-order valence-electron chi connectivity index (χ4n) is 1.37. The highest BCUT2D eigenvalue weighted by atomic mass is 32.1. The van der Waals surface area contributed by atoms with Crippen LogP contribution in [0.1, 0.15) is 6.92 Å². The van der Waals surface area contributed by atoms with Gasteiger partial charge in [0.25, 0.3) is 0 Å². The van der Waals surface area contributed by atoms with E-state index in [2.05, 4.69) is 17.5 Å². The standard InChI is InChI=1S/C8H14N2OS2/c1-7(11)9-2-4-10(5-3-9)8(13)6-12/h12H,2-6H2,1H3. The van der Waals surface area contributed by atoms with Crippen LogP contribution in [-0.2, 0) is 4.79 Å². The van der Waals surface area contributed by atoms with E-state index in [0.717, 1.165) is 31.2 Å². The molecule has 1 amide bonds. The van der Waals surface area contributed by atoms with Crippen LogP contribution in [-0.4, -0.2) is 52.6 Å². The first kappa shape index (κ1) is 10.8. The second-order valence-corrected chi connectivity index (χ2v) is 3.83. The molecule has 0 radical (unpaired) electrons. The quantitative estimate of drug-likeness (QED) is 0.509. The predicted molar refractivity (Wildman–Crippen MR) is 60.3 cm³/mol. The van der Waals surface area contributed by atoms with E-state index in [1.165, 1.54) is 0 Å². The Bertz CT molecular complexity index is 212. The number of thiocarbonyl (C=S) groups is 1. The number of rotatable bonds is 1. The summed E-state index contributed by atoms with van der Waals surface area (Å²) in [6.45, 7) is 4.86. The molecule has 0 bridgehead atoms. The van der Waals surface area contributed by atoms with Gasteiger partial charge >= 0.3 is 0 Å². The van der Waals surface area contributed by atoms with Gasteiger partial charge in [0, 0.05) is 38.9 Å². The smallest absolute Gasteiger partial charge is 0.219 e. The van der Waals surface area contributed by atoms with Crippen LogP contribution in [0.2, 0.25) is 0 Å². The molecule has 1 rings (SSSR count). The molecule has 5 heteroatoms. The van der Waals surface area contributed by atoms with Crippen molar-refractivity contribution in [1.29, 1.82) is 0 Å². The fraction of sp³-hybridized carbons (Fsp3) is 0.750. The zero-order chi connectivity index (χ0) is 9.84. The molecule has 0 atom stereocenters. The van der Waals surface area contributed by atoms with Crippen molar-refractivity contribution < 1.29 is 4.79 Å². The molecule has 13 heavy (non-hydrogen) atoms. The van der Waals surface area contributed by atoms with E-state index < -0.39 is 0 Å². The summed E-state index contributed by atoms with van der Waals surface area (Å²) in [5.41, 5.74) is 0.